The van der Waals surface area contributed by atoms with Crippen LogP contribution in [0.2, 0.25) is 5.02 Å². The summed E-state index contributed by atoms with van der Waals surface area (Å²) >= 11 is 7.22. The van der Waals surface area contributed by atoms with Crippen LogP contribution >= 0.6 is 22.9 Å². The Kier molecular flexibility index (Phi) is 5.36. The van der Waals surface area contributed by atoms with Crippen LogP contribution in [0.3, 0.4) is 0 Å². The standard InChI is InChI=1S/C20H14ClN3O3S/c21-14-4-6-16(7-5-14)26-10-19-24-17(11-28-19)20(25)23-15-3-1-2-13(8-15)18-9-22-12-27-18/h1-9,11-12H,10H2,(H,23,25). The van der Waals surface area contributed by atoms with E-state index in [1.165, 1.54) is 17.7 Å². The monoisotopic (exact) mass is 411 g/mol. The van der Waals surface area contributed by atoms with Gasteiger partial charge in [-0.15, -0.1) is 11.3 Å². The molecule has 0 atom stereocenters. The molecule has 28 heavy (non-hydrogen) atoms. The third-order valence-corrected chi connectivity index (χ3v) is 4.87. The molecule has 0 saturated heterocycles. The number of carbonyl (C=O) groups excluding carboxylic acids is 1. The summed E-state index contributed by atoms with van der Waals surface area (Å²) in [5.41, 5.74) is 1.81. The number of rotatable bonds is 6. The van der Waals surface area contributed by atoms with Crippen molar-refractivity contribution in [2.75, 3.05) is 5.32 Å². The van der Waals surface area contributed by atoms with E-state index in [4.69, 9.17) is 20.8 Å². The molecule has 4 aromatic rings. The number of hydrogen-bond donors (Lipinski definition) is 1. The molecule has 0 spiro atoms. The second-order valence-electron chi connectivity index (χ2n) is 5.77. The maximum Gasteiger partial charge on any atom is 0.275 e. The predicted molar refractivity (Wildman–Crippen MR) is 108 cm³/mol. The summed E-state index contributed by atoms with van der Waals surface area (Å²) < 4.78 is 10.9. The number of nitrogens with zero attached hydrogens (tertiary/aromatic N) is 2. The van der Waals surface area contributed by atoms with Crippen molar-refractivity contribution in [3.05, 3.63) is 82.2 Å². The molecular weight excluding hydrogens is 398 g/mol. The highest BCUT2D eigenvalue weighted by atomic mass is 35.5. The zero-order chi connectivity index (χ0) is 19.3. The fraction of sp³-hybridized carbons (Fsp3) is 0.0500. The Balaban J connectivity index is 1.39. The largest absolute Gasteiger partial charge is 0.486 e. The first-order valence-electron chi connectivity index (χ1n) is 8.30. The Morgan fingerprint density at radius 2 is 2.07 bits per heavy atom. The number of thiazole rings is 1. The molecule has 140 valence electrons. The topological polar surface area (TPSA) is 77.2 Å². The second-order valence-corrected chi connectivity index (χ2v) is 7.15. The van der Waals surface area contributed by atoms with Gasteiger partial charge in [0.05, 0.1) is 6.20 Å². The number of amides is 1. The number of carbonyl (C=O) groups is 1. The molecule has 2 heterocycles. The van der Waals surface area contributed by atoms with Gasteiger partial charge < -0.3 is 14.5 Å². The van der Waals surface area contributed by atoms with Crippen LogP contribution in [-0.4, -0.2) is 15.9 Å². The summed E-state index contributed by atoms with van der Waals surface area (Å²) in [6, 6.07) is 14.4. The minimum atomic E-state index is -0.288. The van der Waals surface area contributed by atoms with Crippen molar-refractivity contribution in [3.63, 3.8) is 0 Å². The van der Waals surface area contributed by atoms with Crippen molar-refractivity contribution in [1.82, 2.24) is 9.97 Å². The van der Waals surface area contributed by atoms with Crippen molar-refractivity contribution in [2.45, 2.75) is 6.61 Å². The predicted octanol–water partition coefficient (Wildman–Crippen LogP) is 5.28. The smallest absolute Gasteiger partial charge is 0.275 e. The van der Waals surface area contributed by atoms with E-state index in [0.717, 1.165) is 5.56 Å². The number of aromatic nitrogens is 2. The molecule has 0 aliphatic carbocycles. The van der Waals surface area contributed by atoms with E-state index in [0.29, 0.717) is 32.9 Å². The van der Waals surface area contributed by atoms with Gasteiger partial charge in [-0.1, -0.05) is 23.7 Å². The molecule has 0 unspecified atom stereocenters. The maximum atomic E-state index is 12.5. The van der Waals surface area contributed by atoms with E-state index in [9.17, 15) is 4.79 Å². The van der Waals surface area contributed by atoms with E-state index in [1.807, 2.05) is 18.2 Å². The molecule has 4 rings (SSSR count). The van der Waals surface area contributed by atoms with Gasteiger partial charge in [0.2, 0.25) is 0 Å². The van der Waals surface area contributed by atoms with Crippen molar-refractivity contribution < 1.29 is 13.9 Å². The third-order valence-electron chi connectivity index (χ3n) is 3.80. The molecule has 6 nitrogen and oxygen atoms in total. The van der Waals surface area contributed by atoms with Crippen LogP contribution < -0.4 is 10.1 Å². The van der Waals surface area contributed by atoms with E-state index in [2.05, 4.69) is 15.3 Å². The van der Waals surface area contributed by atoms with Crippen LogP contribution in [0.15, 0.2) is 70.9 Å². The average molecular weight is 412 g/mol. The Morgan fingerprint density at radius 1 is 1.21 bits per heavy atom. The van der Waals surface area contributed by atoms with Crippen molar-refractivity contribution in [2.24, 2.45) is 0 Å². The van der Waals surface area contributed by atoms with Gasteiger partial charge in [-0.05, 0) is 36.4 Å². The lowest BCUT2D eigenvalue weighted by molar-refractivity contribution is 0.102. The zero-order valence-corrected chi connectivity index (χ0v) is 16.0. The fourth-order valence-corrected chi connectivity index (χ4v) is 3.27. The Morgan fingerprint density at radius 3 is 2.86 bits per heavy atom. The Bertz CT molecular complexity index is 1080. The number of hydrogen-bond acceptors (Lipinski definition) is 6. The number of nitrogens with one attached hydrogen (secondary N) is 1. The van der Waals surface area contributed by atoms with Gasteiger partial charge in [-0.25, -0.2) is 9.97 Å². The van der Waals surface area contributed by atoms with Crippen LogP contribution in [0, 0.1) is 0 Å². The van der Waals surface area contributed by atoms with Crippen LogP contribution in [0.1, 0.15) is 15.5 Å². The first-order valence-corrected chi connectivity index (χ1v) is 9.56. The summed E-state index contributed by atoms with van der Waals surface area (Å²) in [7, 11) is 0. The Labute approximate surface area is 169 Å². The fourth-order valence-electron chi connectivity index (χ4n) is 2.46. The van der Waals surface area contributed by atoms with E-state index < -0.39 is 0 Å². The minimum absolute atomic E-state index is 0.278. The van der Waals surface area contributed by atoms with E-state index >= 15 is 0 Å². The normalized spacial score (nSPS) is 10.6. The third kappa shape index (κ3) is 4.39. The van der Waals surface area contributed by atoms with E-state index in [-0.39, 0.29) is 12.5 Å². The average Bonchev–Trinajstić information content (AvgIpc) is 3.40. The molecule has 0 radical (unpaired) electrons. The van der Waals surface area contributed by atoms with Gasteiger partial charge >= 0.3 is 0 Å². The molecule has 0 fully saturated rings. The summed E-state index contributed by atoms with van der Waals surface area (Å²) in [4.78, 5) is 20.7. The first kappa shape index (κ1) is 18.2. The molecule has 0 bridgehead atoms. The summed E-state index contributed by atoms with van der Waals surface area (Å²) in [5, 5.41) is 5.90. The number of oxazole rings is 1. The van der Waals surface area contributed by atoms with Gasteiger partial charge in [0.1, 0.15) is 23.1 Å². The molecule has 1 N–H and O–H groups in total. The SMILES string of the molecule is O=C(Nc1cccc(-c2cnco2)c1)c1csc(COc2ccc(Cl)cc2)n1. The second kappa shape index (κ2) is 8.24. The highest BCUT2D eigenvalue weighted by Gasteiger charge is 2.12. The first-order chi connectivity index (χ1) is 13.7. The van der Waals surface area contributed by atoms with Crippen molar-refractivity contribution in [1.29, 1.82) is 0 Å². The lowest BCUT2D eigenvalue weighted by atomic mass is 10.1. The molecular formula is C20H14ClN3O3S. The lowest BCUT2D eigenvalue weighted by Crippen LogP contribution is -2.12. The quantitative estimate of drug-likeness (QED) is 0.467. The molecule has 0 aliphatic rings. The van der Waals surface area contributed by atoms with Crippen molar-refractivity contribution >= 4 is 34.5 Å². The molecule has 2 aromatic carbocycles. The van der Waals surface area contributed by atoms with Gasteiger partial charge in [0.25, 0.3) is 5.91 Å². The Hall–Kier alpha value is -3.16. The lowest BCUT2D eigenvalue weighted by Gasteiger charge is -2.05. The number of ether oxygens (including phenoxy) is 1. The zero-order valence-electron chi connectivity index (χ0n) is 14.5. The van der Waals surface area contributed by atoms with E-state index in [1.54, 1.807) is 41.9 Å². The van der Waals surface area contributed by atoms with Gasteiger partial charge in [-0.2, -0.15) is 0 Å². The highest BCUT2D eigenvalue weighted by Crippen LogP contribution is 2.23. The number of halogens is 1. The summed E-state index contributed by atoms with van der Waals surface area (Å²) in [6.07, 6.45) is 2.98. The summed E-state index contributed by atoms with van der Waals surface area (Å²) in [5.74, 6) is 1.03. The maximum absolute atomic E-state index is 12.5. The molecule has 1 amide bonds. The molecule has 8 heteroatoms. The van der Waals surface area contributed by atoms with Crippen LogP contribution in [-0.2, 0) is 6.61 Å². The molecule has 0 aliphatic heterocycles. The van der Waals surface area contributed by atoms with Gasteiger partial charge in [-0.3, -0.25) is 4.79 Å². The molecule has 2 aromatic heterocycles. The van der Waals surface area contributed by atoms with Gasteiger partial charge in [0.15, 0.2) is 12.2 Å². The van der Waals surface area contributed by atoms with Crippen LogP contribution in [0.5, 0.6) is 5.75 Å². The highest BCUT2D eigenvalue weighted by molar-refractivity contribution is 7.09. The number of benzene rings is 2. The molecule has 0 saturated carbocycles. The minimum Gasteiger partial charge on any atom is -0.486 e. The van der Waals surface area contributed by atoms with Crippen LogP contribution in [0.25, 0.3) is 11.3 Å². The number of anilines is 1. The summed E-state index contributed by atoms with van der Waals surface area (Å²) in [6.45, 7) is 0.278. The van der Waals surface area contributed by atoms with Crippen molar-refractivity contribution in [3.8, 4) is 17.1 Å². The van der Waals surface area contributed by atoms with Gasteiger partial charge in [0, 0.05) is 21.7 Å². The van der Waals surface area contributed by atoms with Crippen LogP contribution in [0.4, 0.5) is 5.69 Å².